The number of thiazole rings is 1. The van der Waals surface area contributed by atoms with Crippen LogP contribution in [-0.2, 0) is 0 Å². The van der Waals surface area contributed by atoms with Gasteiger partial charge in [-0.25, -0.2) is 4.98 Å². The monoisotopic (exact) mass is 275 g/mol. The van der Waals surface area contributed by atoms with Gasteiger partial charge in [-0.15, -0.1) is 11.3 Å². The number of amides is 1. The van der Waals surface area contributed by atoms with Crippen LogP contribution in [-0.4, -0.2) is 17.4 Å². The summed E-state index contributed by atoms with van der Waals surface area (Å²) in [5.41, 5.74) is 3.86. The summed E-state index contributed by atoms with van der Waals surface area (Å²) in [7, 11) is 0. The number of carbonyl (C=O) groups excluding carboxylic acids is 1. The molecule has 1 heterocycles. The van der Waals surface area contributed by atoms with Crippen molar-refractivity contribution in [2.45, 2.75) is 20.8 Å². The molecule has 1 aromatic heterocycles. The average Bonchev–Trinajstić information content (AvgIpc) is 2.82. The molecule has 2 N–H and O–H groups in total. The van der Waals surface area contributed by atoms with Gasteiger partial charge in [0.05, 0.1) is 0 Å². The fourth-order valence-electron chi connectivity index (χ4n) is 1.76. The minimum Gasteiger partial charge on any atom is -0.351 e. The highest BCUT2D eigenvalue weighted by Gasteiger charge is 2.10. The summed E-state index contributed by atoms with van der Waals surface area (Å²) >= 11 is 1.43. The number of aromatic nitrogens is 1. The lowest BCUT2D eigenvalue weighted by Gasteiger charge is -2.07. The molecule has 0 saturated carbocycles. The summed E-state index contributed by atoms with van der Waals surface area (Å²) in [5, 5.41) is 8.47. The second-order valence-electron chi connectivity index (χ2n) is 4.34. The molecule has 0 fully saturated rings. The summed E-state index contributed by atoms with van der Waals surface area (Å²) < 4.78 is 0. The van der Waals surface area contributed by atoms with Crippen molar-refractivity contribution in [3.8, 4) is 0 Å². The van der Waals surface area contributed by atoms with Crippen molar-refractivity contribution < 1.29 is 4.79 Å². The maximum absolute atomic E-state index is 11.6. The Balaban J connectivity index is 2.13. The van der Waals surface area contributed by atoms with E-state index in [-0.39, 0.29) is 5.91 Å². The van der Waals surface area contributed by atoms with Gasteiger partial charge in [-0.05, 0) is 32.4 Å². The van der Waals surface area contributed by atoms with E-state index in [1.54, 1.807) is 5.38 Å². The standard InChI is InChI=1S/C14H17N3OS/c1-4-15-13(18)12-8-19-14(17-12)16-11-6-5-9(2)7-10(11)3/h5-8H,4H2,1-3H3,(H,15,18)(H,16,17). The van der Waals surface area contributed by atoms with Crippen molar-refractivity contribution >= 4 is 28.1 Å². The van der Waals surface area contributed by atoms with Gasteiger partial charge in [0.2, 0.25) is 0 Å². The quantitative estimate of drug-likeness (QED) is 0.900. The smallest absolute Gasteiger partial charge is 0.270 e. The van der Waals surface area contributed by atoms with Crippen LogP contribution in [0.2, 0.25) is 0 Å². The van der Waals surface area contributed by atoms with Crippen molar-refractivity contribution in [3.63, 3.8) is 0 Å². The molecule has 0 saturated heterocycles. The lowest BCUT2D eigenvalue weighted by atomic mass is 10.1. The number of hydrogen-bond acceptors (Lipinski definition) is 4. The van der Waals surface area contributed by atoms with Gasteiger partial charge < -0.3 is 10.6 Å². The molecular weight excluding hydrogens is 258 g/mol. The van der Waals surface area contributed by atoms with Crippen LogP contribution < -0.4 is 10.6 Å². The maximum Gasteiger partial charge on any atom is 0.270 e. The highest BCUT2D eigenvalue weighted by molar-refractivity contribution is 7.14. The summed E-state index contributed by atoms with van der Waals surface area (Å²) in [4.78, 5) is 15.9. The molecule has 1 amide bonds. The van der Waals surface area contributed by atoms with E-state index in [2.05, 4.69) is 28.6 Å². The summed E-state index contributed by atoms with van der Waals surface area (Å²) in [6, 6.07) is 6.19. The molecule has 0 spiro atoms. The second kappa shape index (κ2) is 5.84. The van der Waals surface area contributed by atoms with Gasteiger partial charge in [0.25, 0.3) is 5.91 Å². The van der Waals surface area contributed by atoms with Crippen LogP contribution in [0.4, 0.5) is 10.8 Å². The molecule has 0 atom stereocenters. The minimum atomic E-state index is -0.132. The van der Waals surface area contributed by atoms with Crippen molar-refractivity contribution in [1.82, 2.24) is 10.3 Å². The lowest BCUT2D eigenvalue weighted by molar-refractivity contribution is 0.0951. The number of aryl methyl sites for hydroxylation is 2. The van der Waals surface area contributed by atoms with E-state index in [1.807, 2.05) is 26.0 Å². The topological polar surface area (TPSA) is 54.0 Å². The zero-order valence-corrected chi connectivity index (χ0v) is 12.1. The third-order valence-electron chi connectivity index (χ3n) is 2.70. The summed E-state index contributed by atoms with van der Waals surface area (Å²) in [5.74, 6) is -0.132. The Bertz CT molecular complexity index is 592. The Morgan fingerprint density at radius 2 is 2.16 bits per heavy atom. The van der Waals surface area contributed by atoms with Crippen LogP contribution in [0.1, 0.15) is 28.5 Å². The van der Waals surface area contributed by atoms with E-state index in [0.29, 0.717) is 12.2 Å². The first-order valence-corrected chi connectivity index (χ1v) is 7.06. The molecule has 2 rings (SSSR count). The first-order valence-electron chi connectivity index (χ1n) is 6.18. The van der Waals surface area contributed by atoms with E-state index >= 15 is 0 Å². The Morgan fingerprint density at radius 3 is 2.84 bits per heavy atom. The van der Waals surface area contributed by atoms with Crippen molar-refractivity contribution in [3.05, 3.63) is 40.4 Å². The van der Waals surface area contributed by atoms with Gasteiger partial charge in [0.15, 0.2) is 5.13 Å². The zero-order valence-electron chi connectivity index (χ0n) is 11.3. The number of nitrogens with one attached hydrogen (secondary N) is 2. The maximum atomic E-state index is 11.6. The largest absolute Gasteiger partial charge is 0.351 e. The van der Waals surface area contributed by atoms with Crippen molar-refractivity contribution in [2.75, 3.05) is 11.9 Å². The molecule has 4 nitrogen and oxygen atoms in total. The van der Waals surface area contributed by atoms with Crippen LogP contribution in [0.15, 0.2) is 23.6 Å². The highest BCUT2D eigenvalue weighted by atomic mass is 32.1. The molecule has 0 unspecified atom stereocenters. The third-order valence-corrected chi connectivity index (χ3v) is 3.46. The Labute approximate surface area is 116 Å². The molecule has 1 aromatic carbocycles. The van der Waals surface area contributed by atoms with Crippen LogP contribution in [0.3, 0.4) is 0 Å². The van der Waals surface area contributed by atoms with Crippen LogP contribution in [0.5, 0.6) is 0 Å². The van der Waals surface area contributed by atoms with Crippen LogP contribution in [0.25, 0.3) is 0 Å². The van der Waals surface area contributed by atoms with Gasteiger partial charge in [-0.3, -0.25) is 4.79 Å². The average molecular weight is 275 g/mol. The molecule has 19 heavy (non-hydrogen) atoms. The molecular formula is C14H17N3OS. The Morgan fingerprint density at radius 1 is 1.37 bits per heavy atom. The van der Waals surface area contributed by atoms with Crippen molar-refractivity contribution in [1.29, 1.82) is 0 Å². The van der Waals surface area contributed by atoms with E-state index in [9.17, 15) is 4.79 Å². The molecule has 0 bridgehead atoms. The number of anilines is 2. The van der Waals surface area contributed by atoms with Gasteiger partial charge in [0.1, 0.15) is 5.69 Å². The van der Waals surface area contributed by atoms with Crippen LogP contribution in [0, 0.1) is 13.8 Å². The second-order valence-corrected chi connectivity index (χ2v) is 5.20. The van der Waals surface area contributed by atoms with Crippen molar-refractivity contribution in [2.24, 2.45) is 0 Å². The molecule has 5 heteroatoms. The van der Waals surface area contributed by atoms with E-state index in [1.165, 1.54) is 16.9 Å². The Kier molecular flexibility index (Phi) is 4.16. The fourth-order valence-corrected chi connectivity index (χ4v) is 2.46. The fraction of sp³-hybridized carbons (Fsp3) is 0.286. The number of nitrogens with zero attached hydrogens (tertiary/aromatic N) is 1. The highest BCUT2D eigenvalue weighted by Crippen LogP contribution is 2.24. The van der Waals surface area contributed by atoms with Gasteiger partial charge in [-0.2, -0.15) is 0 Å². The molecule has 2 aromatic rings. The molecule has 0 aliphatic rings. The third kappa shape index (κ3) is 3.32. The first kappa shape index (κ1) is 13.5. The van der Waals surface area contributed by atoms with Crippen LogP contribution >= 0.6 is 11.3 Å². The first-order chi connectivity index (χ1) is 9.10. The number of rotatable bonds is 4. The molecule has 100 valence electrons. The van der Waals surface area contributed by atoms with Gasteiger partial charge in [0, 0.05) is 17.6 Å². The van der Waals surface area contributed by atoms with E-state index in [4.69, 9.17) is 0 Å². The normalized spacial score (nSPS) is 10.3. The van der Waals surface area contributed by atoms with Gasteiger partial charge >= 0.3 is 0 Å². The zero-order chi connectivity index (χ0) is 13.8. The van der Waals surface area contributed by atoms with Gasteiger partial charge in [-0.1, -0.05) is 17.7 Å². The lowest BCUT2D eigenvalue weighted by Crippen LogP contribution is -2.22. The Hall–Kier alpha value is -1.88. The molecule has 0 aliphatic carbocycles. The van der Waals surface area contributed by atoms with E-state index < -0.39 is 0 Å². The summed E-state index contributed by atoms with van der Waals surface area (Å²) in [6.07, 6.45) is 0. The number of benzene rings is 1. The SMILES string of the molecule is CCNC(=O)c1csc(Nc2ccc(C)cc2C)n1. The summed E-state index contributed by atoms with van der Waals surface area (Å²) in [6.45, 7) is 6.61. The minimum absolute atomic E-state index is 0.132. The molecule has 0 radical (unpaired) electrons. The predicted octanol–water partition coefficient (Wildman–Crippen LogP) is 3.25. The number of carbonyl (C=O) groups is 1. The predicted molar refractivity (Wildman–Crippen MR) is 79.3 cm³/mol. The number of hydrogen-bond donors (Lipinski definition) is 2. The molecule has 0 aliphatic heterocycles. The van der Waals surface area contributed by atoms with E-state index in [0.717, 1.165) is 16.4 Å².